The highest BCUT2D eigenvalue weighted by Crippen LogP contribution is 2.66. The third-order valence-electron chi connectivity index (χ3n) is 16.6. The number of anilines is 6. The second-order valence-corrected chi connectivity index (χ2v) is 21.6. The summed E-state index contributed by atoms with van der Waals surface area (Å²) in [4.78, 5) is 4.85. The summed E-state index contributed by atoms with van der Waals surface area (Å²) in [7, 11) is 0. The van der Waals surface area contributed by atoms with Gasteiger partial charge in [0, 0.05) is 34.1 Å². The highest BCUT2D eigenvalue weighted by Gasteiger charge is 2.54. The fourth-order valence-electron chi connectivity index (χ4n) is 13.2. The van der Waals surface area contributed by atoms with Crippen molar-refractivity contribution in [3.05, 3.63) is 300 Å². The van der Waals surface area contributed by atoms with Gasteiger partial charge in [-0.2, -0.15) is 0 Å². The minimum absolute atomic E-state index is 0.259. The predicted octanol–water partition coefficient (Wildman–Crippen LogP) is 20.9. The SMILES string of the molecule is CC(C)c1cc2c(c3ccc(N(c4ccccc4)c4ccc(-c5ccccc5)cc4)cc13)C1(c3ccccc3-c3ccccc31)c1c-2cc(C(C)C)c2cc(N(c3ccccc3)c3ccc(-c4ccccc4)cc3)ccc12. The van der Waals surface area contributed by atoms with Gasteiger partial charge in [-0.05, 0) is 196 Å². The number of benzene rings is 12. The Hall–Kier alpha value is -9.24. The lowest BCUT2D eigenvalue weighted by molar-refractivity contribution is 0.806. The van der Waals surface area contributed by atoms with Crippen molar-refractivity contribution in [2.24, 2.45) is 0 Å². The highest BCUT2D eigenvalue weighted by molar-refractivity contribution is 6.11. The van der Waals surface area contributed by atoms with Gasteiger partial charge in [-0.1, -0.05) is 210 Å². The van der Waals surface area contributed by atoms with Gasteiger partial charge < -0.3 is 9.80 Å². The first-order valence-corrected chi connectivity index (χ1v) is 27.3. The van der Waals surface area contributed by atoms with Gasteiger partial charge in [0.2, 0.25) is 0 Å². The zero-order valence-corrected chi connectivity index (χ0v) is 44.0. The Balaban J connectivity index is 1.02. The lowest BCUT2D eigenvalue weighted by Gasteiger charge is -2.34. The molecular formula is C75H58N2. The predicted molar refractivity (Wildman–Crippen MR) is 326 cm³/mol. The van der Waals surface area contributed by atoms with E-state index in [-0.39, 0.29) is 11.8 Å². The van der Waals surface area contributed by atoms with Crippen molar-refractivity contribution < 1.29 is 0 Å². The Morgan fingerprint density at radius 3 is 0.948 bits per heavy atom. The van der Waals surface area contributed by atoms with Crippen molar-refractivity contribution in [1.82, 2.24) is 0 Å². The zero-order chi connectivity index (χ0) is 51.8. The molecule has 2 aliphatic rings. The molecule has 0 amide bonds. The molecule has 1 spiro atoms. The molecule has 77 heavy (non-hydrogen) atoms. The fraction of sp³-hybridized carbons (Fsp3) is 0.0933. The minimum atomic E-state index is -0.596. The summed E-state index contributed by atoms with van der Waals surface area (Å²) in [5.41, 5.74) is 24.4. The van der Waals surface area contributed by atoms with Crippen molar-refractivity contribution in [3.63, 3.8) is 0 Å². The van der Waals surface area contributed by atoms with Gasteiger partial charge >= 0.3 is 0 Å². The Morgan fingerprint density at radius 1 is 0.260 bits per heavy atom. The summed E-state index contributed by atoms with van der Waals surface area (Å²) >= 11 is 0. The summed E-state index contributed by atoms with van der Waals surface area (Å²) in [5, 5.41) is 5.18. The van der Waals surface area contributed by atoms with Crippen molar-refractivity contribution in [2.75, 3.05) is 9.80 Å². The standard InChI is InChI=1S/C75H58N2/c1-49(2)65-47-69-70-48-66(50(3)4)68-46-60(77(56-27-15-8-16-28-56)58-39-35-54(36-40-58)52-23-11-6-12-24-52)42-44-64(68)74(70)75(71-31-19-17-29-61(71)62-30-18-20-32-72(62)75)73(69)63-43-41-59(45-67(63)65)76(55-25-13-7-14-26-55)57-37-33-53(34-38-57)51-21-9-5-10-22-51/h5-50H,1-4H3. The third kappa shape index (κ3) is 7.38. The summed E-state index contributed by atoms with van der Waals surface area (Å²) in [6.45, 7) is 9.47. The monoisotopic (exact) mass is 986 g/mol. The van der Waals surface area contributed by atoms with Crippen LogP contribution in [0.3, 0.4) is 0 Å². The Bertz CT molecular complexity index is 3900. The number of para-hydroxylation sites is 2. The van der Waals surface area contributed by atoms with Crippen LogP contribution in [0, 0.1) is 0 Å². The van der Waals surface area contributed by atoms with E-state index in [9.17, 15) is 0 Å². The van der Waals surface area contributed by atoms with Crippen LogP contribution in [0.2, 0.25) is 0 Å². The van der Waals surface area contributed by atoms with Gasteiger partial charge in [0.25, 0.3) is 0 Å². The molecule has 2 nitrogen and oxygen atoms in total. The normalized spacial score (nSPS) is 12.8. The molecule has 0 atom stereocenters. The Morgan fingerprint density at radius 2 is 0.571 bits per heavy atom. The molecule has 0 saturated heterocycles. The molecule has 368 valence electrons. The van der Waals surface area contributed by atoms with Gasteiger partial charge in [0.05, 0.1) is 5.41 Å². The smallest absolute Gasteiger partial charge is 0.0737 e. The minimum Gasteiger partial charge on any atom is -0.310 e. The zero-order valence-electron chi connectivity index (χ0n) is 44.0. The molecule has 0 heterocycles. The van der Waals surface area contributed by atoms with Gasteiger partial charge in [0.15, 0.2) is 0 Å². The van der Waals surface area contributed by atoms with Crippen molar-refractivity contribution in [1.29, 1.82) is 0 Å². The Labute approximate surface area is 452 Å². The average Bonchev–Trinajstić information content (AvgIpc) is 3.74. The van der Waals surface area contributed by atoms with Crippen LogP contribution in [-0.4, -0.2) is 0 Å². The van der Waals surface area contributed by atoms with Gasteiger partial charge in [-0.25, -0.2) is 0 Å². The molecule has 0 unspecified atom stereocenters. The van der Waals surface area contributed by atoms with E-state index in [0.717, 1.165) is 34.1 Å². The largest absolute Gasteiger partial charge is 0.310 e. The van der Waals surface area contributed by atoms with E-state index in [1.54, 1.807) is 0 Å². The molecular weight excluding hydrogens is 929 g/mol. The third-order valence-corrected chi connectivity index (χ3v) is 16.6. The molecule has 0 aliphatic heterocycles. The highest BCUT2D eigenvalue weighted by atomic mass is 15.1. The second-order valence-electron chi connectivity index (χ2n) is 21.6. The first-order chi connectivity index (χ1) is 37.9. The van der Waals surface area contributed by atoms with Crippen LogP contribution in [0.4, 0.5) is 34.1 Å². The molecule has 12 aromatic rings. The van der Waals surface area contributed by atoms with Crippen molar-refractivity contribution >= 4 is 55.7 Å². The average molecular weight is 987 g/mol. The lowest BCUT2D eigenvalue weighted by Crippen LogP contribution is -2.27. The van der Waals surface area contributed by atoms with Crippen molar-refractivity contribution in [3.8, 4) is 44.5 Å². The second kappa shape index (κ2) is 18.5. The molecule has 14 rings (SSSR count). The molecule has 0 fully saturated rings. The molecule has 2 heteroatoms. The topological polar surface area (TPSA) is 6.48 Å². The van der Waals surface area contributed by atoms with Crippen LogP contribution in [0.25, 0.3) is 66.1 Å². The van der Waals surface area contributed by atoms with E-state index in [4.69, 9.17) is 0 Å². The van der Waals surface area contributed by atoms with Crippen LogP contribution >= 0.6 is 0 Å². The summed E-state index contributed by atoms with van der Waals surface area (Å²) < 4.78 is 0. The van der Waals surface area contributed by atoms with Crippen LogP contribution < -0.4 is 9.80 Å². The van der Waals surface area contributed by atoms with Gasteiger partial charge in [0.1, 0.15) is 0 Å². The van der Waals surface area contributed by atoms with Gasteiger partial charge in [-0.15, -0.1) is 0 Å². The number of nitrogens with zero attached hydrogens (tertiary/aromatic N) is 2. The molecule has 0 bridgehead atoms. The molecule has 0 saturated carbocycles. The number of rotatable bonds is 10. The van der Waals surface area contributed by atoms with Crippen LogP contribution in [-0.2, 0) is 5.41 Å². The molecule has 0 N–H and O–H groups in total. The number of hydrogen-bond donors (Lipinski definition) is 0. The van der Waals surface area contributed by atoms with Gasteiger partial charge in [-0.3, -0.25) is 0 Å². The van der Waals surface area contributed by atoms with E-state index in [0.29, 0.717) is 0 Å². The molecule has 12 aromatic carbocycles. The van der Waals surface area contributed by atoms with Crippen LogP contribution in [0.15, 0.2) is 267 Å². The van der Waals surface area contributed by atoms with E-state index >= 15 is 0 Å². The number of hydrogen-bond acceptors (Lipinski definition) is 2. The molecule has 0 aromatic heterocycles. The summed E-state index contributed by atoms with van der Waals surface area (Å²) in [5.74, 6) is 0.518. The summed E-state index contributed by atoms with van der Waals surface area (Å²) in [6.07, 6.45) is 0. The van der Waals surface area contributed by atoms with Crippen LogP contribution in [0.5, 0.6) is 0 Å². The lowest BCUT2D eigenvalue weighted by atomic mass is 9.67. The Kier molecular flexibility index (Phi) is 11.2. The maximum atomic E-state index is 2.59. The first-order valence-electron chi connectivity index (χ1n) is 27.3. The molecule has 0 radical (unpaired) electrons. The van der Waals surface area contributed by atoms with E-state index in [2.05, 4.69) is 304 Å². The van der Waals surface area contributed by atoms with Crippen LogP contribution in [0.1, 0.15) is 72.9 Å². The summed E-state index contributed by atoms with van der Waals surface area (Å²) in [6, 6.07) is 99.5. The van der Waals surface area contributed by atoms with E-state index < -0.39 is 5.41 Å². The quantitative estimate of drug-likeness (QED) is 0.135. The number of fused-ring (bicyclic) bond motifs is 14. The van der Waals surface area contributed by atoms with Crippen molar-refractivity contribution in [2.45, 2.75) is 44.9 Å². The van der Waals surface area contributed by atoms with E-state index in [1.807, 2.05) is 0 Å². The molecule has 2 aliphatic carbocycles. The first kappa shape index (κ1) is 46.3. The maximum absolute atomic E-state index is 2.59. The van der Waals surface area contributed by atoms with E-state index in [1.165, 1.54) is 99.4 Å². The fourth-order valence-corrected chi connectivity index (χ4v) is 13.2. The maximum Gasteiger partial charge on any atom is 0.0737 e.